The van der Waals surface area contributed by atoms with Crippen LogP contribution in [0.15, 0.2) is 88.9 Å². The van der Waals surface area contributed by atoms with Crippen molar-refractivity contribution < 1.29 is 8.42 Å². The maximum atomic E-state index is 12.1. The summed E-state index contributed by atoms with van der Waals surface area (Å²) < 4.78 is 24.3. The topological polar surface area (TPSA) is 58.5 Å². The highest BCUT2D eigenvalue weighted by Crippen LogP contribution is 2.18. The molecular weight excluding hydrogens is 332 g/mol. The van der Waals surface area contributed by atoms with Crippen LogP contribution in [0.2, 0.25) is 0 Å². The van der Waals surface area contributed by atoms with Crippen molar-refractivity contribution in [1.82, 2.24) is 4.83 Å². The van der Waals surface area contributed by atoms with E-state index in [1.807, 2.05) is 61.5 Å². The van der Waals surface area contributed by atoms with Crippen LogP contribution in [0.3, 0.4) is 0 Å². The number of hydrazone groups is 1. The van der Waals surface area contributed by atoms with E-state index in [9.17, 15) is 8.42 Å². The Morgan fingerprint density at radius 1 is 0.800 bits per heavy atom. The van der Waals surface area contributed by atoms with Gasteiger partial charge in [0.05, 0.1) is 11.1 Å². The van der Waals surface area contributed by atoms with Gasteiger partial charge in [-0.1, -0.05) is 72.3 Å². The lowest BCUT2D eigenvalue weighted by atomic mass is 10.0. The van der Waals surface area contributed by atoms with E-state index >= 15 is 0 Å². The summed E-state index contributed by atoms with van der Waals surface area (Å²) in [6.07, 6.45) is 1.49. The fourth-order valence-electron chi connectivity index (χ4n) is 2.33. The molecule has 5 heteroatoms. The van der Waals surface area contributed by atoms with E-state index in [1.165, 1.54) is 6.21 Å². The first-order valence-electron chi connectivity index (χ1n) is 7.82. The van der Waals surface area contributed by atoms with Crippen LogP contribution in [0.5, 0.6) is 0 Å². The third-order valence-electron chi connectivity index (χ3n) is 3.74. The fourth-order valence-corrected chi connectivity index (χ4v) is 3.12. The summed E-state index contributed by atoms with van der Waals surface area (Å²) in [5, 5.41) is 3.85. The zero-order chi connectivity index (χ0) is 17.7. The molecule has 0 aromatic heterocycles. The number of benzene rings is 3. The van der Waals surface area contributed by atoms with Crippen molar-refractivity contribution in [3.05, 3.63) is 90.0 Å². The average Bonchev–Trinajstić information content (AvgIpc) is 2.63. The van der Waals surface area contributed by atoms with Crippen LogP contribution in [-0.2, 0) is 10.0 Å². The van der Waals surface area contributed by atoms with Crippen LogP contribution in [0, 0.1) is 6.92 Å². The molecule has 0 saturated heterocycles. The van der Waals surface area contributed by atoms with Gasteiger partial charge in [-0.25, -0.2) is 4.83 Å². The SMILES string of the molecule is Cc1ccc(S(=O)(=O)NN=Cc2ccc(-c3ccccc3)cc2)cc1. The van der Waals surface area contributed by atoms with Gasteiger partial charge in [-0.15, -0.1) is 0 Å². The van der Waals surface area contributed by atoms with E-state index in [4.69, 9.17) is 0 Å². The summed E-state index contributed by atoms with van der Waals surface area (Å²) in [5.74, 6) is 0. The van der Waals surface area contributed by atoms with E-state index in [0.717, 1.165) is 22.3 Å². The van der Waals surface area contributed by atoms with Gasteiger partial charge >= 0.3 is 0 Å². The molecule has 0 aliphatic rings. The lowest BCUT2D eigenvalue weighted by Gasteiger charge is -2.04. The monoisotopic (exact) mass is 350 g/mol. The molecule has 0 aliphatic heterocycles. The first-order chi connectivity index (χ1) is 12.0. The van der Waals surface area contributed by atoms with Gasteiger partial charge in [-0.2, -0.15) is 13.5 Å². The number of rotatable bonds is 5. The molecule has 0 spiro atoms. The highest BCUT2D eigenvalue weighted by Gasteiger charge is 2.11. The predicted octanol–water partition coefficient (Wildman–Crippen LogP) is 3.97. The van der Waals surface area contributed by atoms with Gasteiger partial charge in [0.2, 0.25) is 0 Å². The average molecular weight is 350 g/mol. The Balaban J connectivity index is 1.69. The van der Waals surface area contributed by atoms with Crippen molar-refractivity contribution in [2.75, 3.05) is 0 Å². The molecule has 25 heavy (non-hydrogen) atoms. The van der Waals surface area contributed by atoms with E-state index < -0.39 is 10.0 Å². The van der Waals surface area contributed by atoms with Crippen molar-refractivity contribution in [3.8, 4) is 11.1 Å². The minimum absolute atomic E-state index is 0.190. The van der Waals surface area contributed by atoms with Gasteiger partial charge < -0.3 is 0 Å². The molecule has 3 aromatic carbocycles. The fraction of sp³-hybridized carbons (Fsp3) is 0.0500. The van der Waals surface area contributed by atoms with Crippen molar-refractivity contribution in [2.24, 2.45) is 5.10 Å². The molecule has 0 atom stereocenters. The normalized spacial score (nSPS) is 11.6. The summed E-state index contributed by atoms with van der Waals surface area (Å²) in [5.41, 5.74) is 4.04. The van der Waals surface area contributed by atoms with Gasteiger partial charge in [0.15, 0.2) is 0 Å². The summed E-state index contributed by atoms with van der Waals surface area (Å²) in [6.45, 7) is 1.90. The second-order valence-electron chi connectivity index (χ2n) is 5.65. The maximum Gasteiger partial charge on any atom is 0.276 e. The van der Waals surface area contributed by atoms with E-state index in [1.54, 1.807) is 24.3 Å². The number of aryl methyl sites for hydroxylation is 1. The summed E-state index contributed by atoms with van der Waals surface area (Å²) >= 11 is 0. The van der Waals surface area contributed by atoms with Gasteiger partial charge in [0, 0.05) is 0 Å². The zero-order valence-corrected chi connectivity index (χ0v) is 14.6. The zero-order valence-electron chi connectivity index (χ0n) is 13.8. The van der Waals surface area contributed by atoms with E-state index in [-0.39, 0.29) is 4.90 Å². The third kappa shape index (κ3) is 4.33. The number of sulfonamides is 1. The summed E-state index contributed by atoms with van der Waals surface area (Å²) in [4.78, 5) is 2.42. The second kappa shape index (κ2) is 7.32. The number of hydrogen-bond acceptors (Lipinski definition) is 3. The molecule has 0 amide bonds. The summed E-state index contributed by atoms with van der Waals surface area (Å²) in [6, 6.07) is 24.4. The largest absolute Gasteiger partial charge is 0.276 e. The second-order valence-corrected chi connectivity index (χ2v) is 7.31. The van der Waals surface area contributed by atoms with Crippen LogP contribution in [0.4, 0.5) is 0 Å². The predicted molar refractivity (Wildman–Crippen MR) is 101 cm³/mol. The Morgan fingerprint density at radius 3 is 2.04 bits per heavy atom. The van der Waals surface area contributed by atoms with Crippen LogP contribution >= 0.6 is 0 Å². The smallest absolute Gasteiger partial charge is 0.200 e. The van der Waals surface area contributed by atoms with Crippen LogP contribution in [0.1, 0.15) is 11.1 Å². The molecule has 0 heterocycles. The molecule has 0 bridgehead atoms. The lowest BCUT2D eigenvalue weighted by molar-refractivity contribution is 0.584. The van der Waals surface area contributed by atoms with Gasteiger partial charge in [0.1, 0.15) is 0 Å². The number of hydrogen-bond donors (Lipinski definition) is 1. The Hall–Kier alpha value is -2.92. The Bertz CT molecular complexity index is 962. The molecule has 0 fully saturated rings. The van der Waals surface area contributed by atoms with Crippen molar-refractivity contribution in [1.29, 1.82) is 0 Å². The maximum absolute atomic E-state index is 12.1. The van der Waals surface area contributed by atoms with Crippen LogP contribution in [0.25, 0.3) is 11.1 Å². The Labute approximate surface area is 147 Å². The highest BCUT2D eigenvalue weighted by atomic mass is 32.2. The van der Waals surface area contributed by atoms with Crippen molar-refractivity contribution >= 4 is 16.2 Å². The molecule has 126 valence electrons. The molecule has 0 unspecified atom stereocenters. The Morgan fingerprint density at radius 2 is 1.40 bits per heavy atom. The number of nitrogens with one attached hydrogen (secondary N) is 1. The molecule has 0 aliphatic carbocycles. The third-order valence-corrected chi connectivity index (χ3v) is 4.97. The molecule has 1 N–H and O–H groups in total. The van der Waals surface area contributed by atoms with Crippen molar-refractivity contribution in [3.63, 3.8) is 0 Å². The van der Waals surface area contributed by atoms with Crippen molar-refractivity contribution in [2.45, 2.75) is 11.8 Å². The minimum atomic E-state index is -3.65. The Kier molecular flexibility index (Phi) is 4.95. The van der Waals surface area contributed by atoms with Gasteiger partial charge in [-0.05, 0) is 35.7 Å². The molecule has 4 nitrogen and oxygen atoms in total. The molecule has 0 saturated carbocycles. The van der Waals surface area contributed by atoms with Gasteiger partial charge in [-0.3, -0.25) is 0 Å². The standard InChI is InChI=1S/C20H18N2O2S/c1-16-7-13-20(14-8-16)25(23,24)22-21-15-17-9-11-19(12-10-17)18-5-3-2-4-6-18/h2-15,22H,1H3. The minimum Gasteiger partial charge on any atom is -0.200 e. The van der Waals surface area contributed by atoms with E-state index in [0.29, 0.717) is 0 Å². The molecule has 3 rings (SSSR count). The van der Waals surface area contributed by atoms with Crippen LogP contribution in [-0.4, -0.2) is 14.6 Å². The molecule has 3 aromatic rings. The number of nitrogens with zero attached hydrogens (tertiary/aromatic N) is 1. The van der Waals surface area contributed by atoms with Gasteiger partial charge in [0.25, 0.3) is 10.0 Å². The molecular formula is C20H18N2O2S. The summed E-state index contributed by atoms with van der Waals surface area (Å²) in [7, 11) is -3.65. The molecule has 0 radical (unpaired) electrons. The first-order valence-corrected chi connectivity index (χ1v) is 9.30. The lowest BCUT2D eigenvalue weighted by Crippen LogP contribution is -2.18. The quantitative estimate of drug-likeness (QED) is 0.559. The van der Waals surface area contributed by atoms with Crippen LogP contribution < -0.4 is 4.83 Å². The van der Waals surface area contributed by atoms with E-state index in [2.05, 4.69) is 9.93 Å². The highest BCUT2D eigenvalue weighted by molar-refractivity contribution is 7.89. The first kappa shape index (κ1) is 16.9.